The fraction of sp³-hybridized carbons (Fsp3) is 1.00. The van der Waals surface area contributed by atoms with Gasteiger partial charge >= 0.3 is 0 Å². The molecule has 0 radical (unpaired) electrons. The Morgan fingerprint density at radius 2 is 1.93 bits per heavy atom. The van der Waals surface area contributed by atoms with Gasteiger partial charge in [-0.3, -0.25) is 0 Å². The number of hydrogen-bond acceptors (Lipinski definition) is 3. The molecule has 0 bridgehead atoms. The fourth-order valence-corrected chi connectivity index (χ4v) is 1.46. The van der Waals surface area contributed by atoms with E-state index in [9.17, 15) is 0 Å². The number of hydrogen-bond donors (Lipinski definition) is 3. The van der Waals surface area contributed by atoms with Crippen LogP contribution in [0.3, 0.4) is 0 Å². The predicted molar refractivity (Wildman–Crippen MR) is 59.3 cm³/mol. The summed E-state index contributed by atoms with van der Waals surface area (Å²) in [6, 6.07) is 0. The summed E-state index contributed by atoms with van der Waals surface area (Å²) >= 11 is 0. The molecular weight excluding hydrogens is 178 g/mol. The first kappa shape index (κ1) is 13.9. The molecule has 0 rings (SSSR count). The SMILES string of the molecule is CCCCC(CC)CNC[C@H](O)CO. The molecule has 0 aliphatic heterocycles. The minimum absolute atomic E-state index is 0.154. The van der Waals surface area contributed by atoms with E-state index in [2.05, 4.69) is 19.2 Å². The van der Waals surface area contributed by atoms with Gasteiger partial charge in [0.05, 0.1) is 12.7 Å². The topological polar surface area (TPSA) is 52.5 Å². The summed E-state index contributed by atoms with van der Waals surface area (Å²) in [4.78, 5) is 0. The highest BCUT2D eigenvalue weighted by molar-refractivity contribution is 4.63. The molecule has 0 aliphatic carbocycles. The number of aliphatic hydroxyl groups excluding tert-OH is 2. The van der Waals surface area contributed by atoms with Crippen molar-refractivity contribution in [3.05, 3.63) is 0 Å². The first-order valence-electron chi connectivity index (χ1n) is 5.74. The van der Waals surface area contributed by atoms with Crippen molar-refractivity contribution in [1.82, 2.24) is 5.32 Å². The molecule has 0 aromatic rings. The van der Waals surface area contributed by atoms with Crippen LogP contribution in [0.15, 0.2) is 0 Å². The van der Waals surface area contributed by atoms with E-state index in [-0.39, 0.29) is 6.61 Å². The summed E-state index contributed by atoms with van der Waals surface area (Å²) < 4.78 is 0. The fourth-order valence-electron chi connectivity index (χ4n) is 1.46. The van der Waals surface area contributed by atoms with Gasteiger partial charge in [-0.2, -0.15) is 0 Å². The van der Waals surface area contributed by atoms with Crippen LogP contribution in [0.4, 0.5) is 0 Å². The van der Waals surface area contributed by atoms with Crippen LogP contribution in [0.2, 0.25) is 0 Å². The van der Waals surface area contributed by atoms with E-state index in [1.807, 2.05) is 0 Å². The van der Waals surface area contributed by atoms with Crippen molar-refractivity contribution in [2.45, 2.75) is 45.6 Å². The molecule has 0 amide bonds. The van der Waals surface area contributed by atoms with E-state index >= 15 is 0 Å². The third-order valence-corrected chi connectivity index (χ3v) is 2.57. The van der Waals surface area contributed by atoms with Crippen LogP contribution < -0.4 is 5.32 Å². The molecule has 0 aromatic heterocycles. The third-order valence-electron chi connectivity index (χ3n) is 2.57. The van der Waals surface area contributed by atoms with Crippen molar-refractivity contribution in [3.8, 4) is 0 Å². The summed E-state index contributed by atoms with van der Waals surface area (Å²) in [5.41, 5.74) is 0. The molecule has 3 nitrogen and oxygen atoms in total. The van der Waals surface area contributed by atoms with Crippen LogP contribution in [0.25, 0.3) is 0 Å². The van der Waals surface area contributed by atoms with Crippen molar-refractivity contribution in [3.63, 3.8) is 0 Å². The first-order chi connectivity index (χ1) is 6.74. The first-order valence-corrected chi connectivity index (χ1v) is 5.74. The molecule has 3 N–H and O–H groups in total. The molecule has 86 valence electrons. The second-order valence-corrected chi connectivity index (χ2v) is 3.91. The number of aliphatic hydroxyl groups is 2. The summed E-state index contributed by atoms with van der Waals surface area (Å²) in [5.74, 6) is 0.709. The van der Waals surface area contributed by atoms with Crippen LogP contribution in [-0.4, -0.2) is 36.0 Å². The molecule has 0 aliphatic rings. The zero-order chi connectivity index (χ0) is 10.8. The van der Waals surface area contributed by atoms with Gasteiger partial charge in [-0.25, -0.2) is 0 Å². The van der Waals surface area contributed by atoms with Crippen molar-refractivity contribution in [2.24, 2.45) is 5.92 Å². The lowest BCUT2D eigenvalue weighted by atomic mass is 9.99. The van der Waals surface area contributed by atoms with Crippen molar-refractivity contribution in [2.75, 3.05) is 19.7 Å². The largest absolute Gasteiger partial charge is 0.394 e. The maximum atomic E-state index is 9.11. The van der Waals surface area contributed by atoms with Gasteiger partial charge in [-0.05, 0) is 18.9 Å². The molecule has 0 fully saturated rings. The molecule has 2 atom stereocenters. The second kappa shape index (κ2) is 9.44. The zero-order valence-electron chi connectivity index (χ0n) is 9.50. The zero-order valence-corrected chi connectivity index (χ0v) is 9.50. The number of rotatable bonds is 9. The van der Waals surface area contributed by atoms with Gasteiger partial charge in [0.1, 0.15) is 0 Å². The van der Waals surface area contributed by atoms with Gasteiger partial charge in [0.15, 0.2) is 0 Å². The van der Waals surface area contributed by atoms with Gasteiger partial charge in [0.25, 0.3) is 0 Å². The second-order valence-electron chi connectivity index (χ2n) is 3.91. The minimum Gasteiger partial charge on any atom is -0.394 e. The Labute approximate surface area is 87.5 Å². The average molecular weight is 203 g/mol. The van der Waals surface area contributed by atoms with Crippen LogP contribution in [0.1, 0.15) is 39.5 Å². The monoisotopic (exact) mass is 203 g/mol. The quantitative estimate of drug-likeness (QED) is 0.527. The number of nitrogens with one attached hydrogen (secondary N) is 1. The maximum absolute atomic E-state index is 9.11. The van der Waals surface area contributed by atoms with Gasteiger partial charge < -0.3 is 15.5 Å². The molecule has 3 heteroatoms. The Morgan fingerprint density at radius 3 is 2.43 bits per heavy atom. The summed E-state index contributed by atoms with van der Waals surface area (Å²) in [6.45, 7) is 5.70. The highest BCUT2D eigenvalue weighted by Gasteiger charge is 2.06. The van der Waals surface area contributed by atoms with Gasteiger partial charge in [-0.15, -0.1) is 0 Å². The van der Waals surface area contributed by atoms with Gasteiger partial charge in [0.2, 0.25) is 0 Å². The lowest BCUT2D eigenvalue weighted by Gasteiger charge is -2.16. The lowest BCUT2D eigenvalue weighted by molar-refractivity contribution is 0.0934. The maximum Gasteiger partial charge on any atom is 0.0894 e. The van der Waals surface area contributed by atoms with E-state index in [1.165, 1.54) is 25.7 Å². The number of unbranched alkanes of at least 4 members (excludes halogenated alkanes) is 1. The molecule has 14 heavy (non-hydrogen) atoms. The highest BCUT2D eigenvalue weighted by atomic mass is 16.3. The summed E-state index contributed by atoms with van der Waals surface area (Å²) in [7, 11) is 0. The molecular formula is C11H25NO2. The average Bonchev–Trinajstić information content (AvgIpc) is 2.22. The van der Waals surface area contributed by atoms with Crippen LogP contribution in [-0.2, 0) is 0 Å². The van der Waals surface area contributed by atoms with E-state index in [0.717, 1.165) is 6.54 Å². The van der Waals surface area contributed by atoms with E-state index in [1.54, 1.807) is 0 Å². The van der Waals surface area contributed by atoms with Crippen molar-refractivity contribution < 1.29 is 10.2 Å². The van der Waals surface area contributed by atoms with E-state index in [4.69, 9.17) is 10.2 Å². The predicted octanol–water partition coefficient (Wildman–Crippen LogP) is 1.15. The van der Waals surface area contributed by atoms with E-state index in [0.29, 0.717) is 12.5 Å². The highest BCUT2D eigenvalue weighted by Crippen LogP contribution is 2.10. The molecule has 0 heterocycles. The summed E-state index contributed by atoms with van der Waals surface area (Å²) in [5, 5.41) is 20.9. The standard InChI is InChI=1S/C11H25NO2/c1-3-5-6-10(4-2)7-12-8-11(14)9-13/h10-14H,3-9H2,1-2H3/t10?,11-/m0/s1. The molecule has 0 saturated carbocycles. The van der Waals surface area contributed by atoms with E-state index < -0.39 is 6.10 Å². The van der Waals surface area contributed by atoms with Crippen LogP contribution >= 0.6 is 0 Å². The molecule has 0 aromatic carbocycles. The molecule has 0 saturated heterocycles. The smallest absolute Gasteiger partial charge is 0.0894 e. The van der Waals surface area contributed by atoms with Gasteiger partial charge in [0, 0.05) is 6.54 Å². The summed E-state index contributed by atoms with van der Waals surface area (Å²) in [6.07, 6.45) is 4.36. The Morgan fingerprint density at radius 1 is 1.21 bits per heavy atom. The lowest BCUT2D eigenvalue weighted by Crippen LogP contribution is -2.32. The van der Waals surface area contributed by atoms with Crippen LogP contribution in [0.5, 0.6) is 0 Å². The van der Waals surface area contributed by atoms with Crippen molar-refractivity contribution in [1.29, 1.82) is 0 Å². The Balaban J connectivity index is 3.42. The van der Waals surface area contributed by atoms with Gasteiger partial charge in [-0.1, -0.05) is 33.1 Å². The van der Waals surface area contributed by atoms with Crippen molar-refractivity contribution >= 4 is 0 Å². The van der Waals surface area contributed by atoms with Crippen LogP contribution in [0, 0.1) is 5.92 Å². The third kappa shape index (κ3) is 7.30. The minimum atomic E-state index is -0.612. The Bertz CT molecular complexity index is 120. The molecule has 0 spiro atoms. The Kier molecular flexibility index (Phi) is 9.35. The Hall–Kier alpha value is -0.120. The normalized spacial score (nSPS) is 15.4. The molecule has 1 unspecified atom stereocenters.